The second kappa shape index (κ2) is 9.44. The van der Waals surface area contributed by atoms with Crippen LogP contribution < -0.4 is 10.6 Å². The number of anilines is 2. The predicted octanol–water partition coefficient (Wildman–Crippen LogP) is 3.47. The monoisotopic (exact) mass is 511 g/mol. The van der Waals surface area contributed by atoms with Crippen molar-refractivity contribution in [3.8, 4) is 0 Å². The van der Waals surface area contributed by atoms with Gasteiger partial charge in [0.1, 0.15) is 0 Å². The van der Waals surface area contributed by atoms with E-state index in [9.17, 15) is 9.59 Å². The summed E-state index contributed by atoms with van der Waals surface area (Å²) in [6.45, 7) is 1.39. The van der Waals surface area contributed by atoms with Crippen LogP contribution in [0.4, 0.5) is 11.1 Å². The number of hydrogen-bond donors (Lipinski definition) is 2. The van der Waals surface area contributed by atoms with Gasteiger partial charge in [0.2, 0.25) is 11.9 Å². The number of nitrogens with one attached hydrogen (secondary N) is 2. The van der Waals surface area contributed by atoms with Crippen LogP contribution in [0.25, 0.3) is 21.3 Å². The van der Waals surface area contributed by atoms with E-state index in [4.69, 9.17) is 11.6 Å². The number of carbonyl (C=O) groups is 2. The lowest BCUT2D eigenvalue weighted by molar-refractivity contribution is -0.129. The molecule has 1 unspecified atom stereocenters. The van der Waals surface area contributed by atoms with Gasteiger partial charge in [0.05, 0.1) is 27.8 Å². The van der Waals surface area contributed by atoms with Gasteiger partial charge in [-0.1, -0.05) is 22.9 Å². The van der Waals surface area contributed by atoms with Crippen LogP contribution in [0.15, 0.2) is 36.4 Å². The summed E-state index contributed by atoms with van der Waals surface area (Å²) in [5.74, 6) is 0.249. The number of aryl methyl sites for hydroxylation is 1. The first-order valence-electron chi connectivity index (χ1n) is 11.3. The average molecular weight is 512 g/mol. The number of halogens is 1. The van der Waals surface area contributed by atoms with Crippen molar-refractivity contribution in [2.24, 2.45) is 7.05 Å². The molecular weight excluding hydrogens is 486 g/mol. The van der Waals surface area contributed by atoms with E-state index in [1.54, 1.807) is 17.0 Å². The van der Waals surface area contributed by atoms with Crippen LogP contribution in [0.3, 0.4) is 0 Å². The maximum atomic E-state index is 12.7. The fourth-order valence-electron chi connectivity index (χ4n) is 4.26. The van der Waals surface area contributed by atoms with Gasteiger partial charge in [-0.25, -0.2) is 9.97 Å². The molecule has 2 N–H and O–H groups in total. The molecule has 1 atom stereocenters. The van der Waals surface area contributed by atoms with Crippen molar-refractivity contribution in [3.05, 3.63) is 47.0 Å². The quantitative estimate of drug-likeness (QED) is 0.411. The largest absolute Gasteiger partial charge is 0.343 e. The summed E-state index contributed by atoms with van der Waals surface area (Å²) in [5.41, 5.74) is 2.86. The number of carbonyl (C=O) groups excluding carboxylic acids is 2. The Labute approximate surface area is 211 Å². The highest BCUT2D eigenvalue weighted by atomic mass is 35.5. The van der Waals surface area contributed by atoms with Gasteiger partial charge < -0.3 is 25.0 Å². The van der Waals surface area contributed by atoms with E-state index in [-0.39, 0.29) is 18.4 Å². The number of likely N-dealkylation sites (tertiary alicyclic amines) is 1. The zero-order valence-corrected chi connectivity index (χ0v) is 21.3. The van der Waals surface area contributed by atoms with E-state index in [0.717, 1.165) is 28.7 Å². The molecule has 1 aliphatic heterocycles. The lowest BCUT2D eigenvalue weighted by Crippen LogP contribution is -2.40. The third-order valence-electron chi connectivity index (χ3n) is 6.36. The van der Waals surface area contributed by atoms with E-state index >= 15 is 0 Å². The summed E-state index contributed by atoms with van der Waals surface area (Å²) in [4.78, 5) is 38.4. The molecule has 0 bridgehead atoms. The molecule has 2 aromatic heterocycles. The van der Waals surface area contributed by atoms with Crippen molar-refractivity contribution in [2.45, 2.75) is 12.5 Å². The van der Waals surface area contributed by atoms with Crippen LogP contribution >= 0.6 is 22.9 Å². The van der Waals surface area contributed by atoms with Crippen molar-refractivity contribution >= 4 is 67.1 Å². The van der Waals surface area contributed by atoms with E-state index in [2.05, 4.69) is 25.5 Å². The normalized spacial score (nSPS) is 15.9. The Bertz CT molecular complexity index is 1430. The number of rotatable bonds is 6. The van der Waals surface area contributed by atoms with E-state index < -0.39 is 0 Å². The maximum absolute atomic E-state index is 12.7. The Morgan fingerprint density at radius 3 is 2.77 bits per heavy atom. The minimum atomic E-state index is -0.299. The second-order valence-electron chi connectivity index (χ2n) is 8.88. The average Bonchev–Trinajstić information content (AvgIpc) is 3.55. The van der Waals surface area contributed by atoms with E-state index in [1.165, 1.54) is 11.3 Å². The van der Waals surface area contributed by atoms with Gasteiger partial charge in [0.25, 0.3) is 5.91 Å². The molecule has 5 rings (SSSR count). The zero-order valence-electron chi connectivity index (χ0n) is 19.7. The Balaban J connectivity index is 1.27. The number of hydrogen-bond acceptors (Lipinski definition) is 7. The Morgan fingerprint density at radius 2 is 2.00 bits per heavy atom. The molecule has 1 saturated heterocycles. The highest BCUT2D eigenvalue weighted by molar-refractivity contribution is 7.22. The molecule has 2 amide bonds. The number of likely N-dealkylation sites (N-methyl/N-ethyl adjacent to an activating group) is 1. The molecule has 0 radical (unpaired) electrons. The molecule has 182 valence electrons. The third-order valence-corrected chi connectivity index (χ3v) is 7.53. The van der Waals surface area contributed by atoms with Crippen molar-refractivity contribution in [3.63, 3.8) is 0 Å². The maximum Gasteiger partial charge on any atom is 0.251 e. The molecule has 0 spiro atoms. The highest BCUT2D eigenvalue weighted by Crippen LogP contribution is 2.31. The summed E-state index contributed by atoms with van der Waals surface area (Å²) >= 11 is 7.57. The van der Waals surface area contributed by atoms with Crippen LogP contribution in [0.1, 0.15) is 16.8 Å². The van der Waals surface area contributed by atoms with Crippen LogP contribution in [0, 0.1) is 0 Å². The SMILES string of the molecule is CN(C)C1CCN(C(=O)CNC(=O)c2ccc3c(c2)nc(Nc2nc4ccc(Cl)cc4s2)n3C)C1. The van der Waals surface area contributed by atoms with Crippen LogP contribution in [-0.4, -0.2) is 75.9 Å². The fraction of sp³-hybridized carbons (Fsp3) is 0.333. The number of nitrogens with zero attached hydrogens (tertiary/aromatic N) is 5. The van der Waals surface area contributed by atoms with Crippen molar-refractivity contribution in [1.82, 2.24) is 29.7 Å². The van der Waals surface area contributed by atoms with Crippen LogP contribution in [0.5, 0.6) is 0 Å². The van der Waals surface area contributed by atoms with Crippen LogP contribution in [0.2, 0.25) is 5.02 Å². The number of fused-ring (bicyclic) bond motifs is 2. The molecule has 9 nitrogen and oxygen atoms in total. The number of aromatic nitrogens is 3. The molecule has 0 aliphatic carbocycles. The smallest absolute Gasteiger partial charge is 0.251 e. The number of imidazole rings is 1. The van der Waals surface area contributed by atoms with Gasteiger partial charge in [0, 0.05) is 36.8 Å². The number of benzene rings is 2. The minimum Gasteiger partial charge on any atom is -0.343 e. The fourth-order valence-corrected chi connectivity index (χ4v) is 5.40. The first-order valence-corrected chi connectivity index (χ1v) is 12.5. The van der Waals surface area contributed by atoms with Gasteiger partial charge in [-0.15, -0.1) is 0 Å². The minimum absolute atomic E-state index is 0.0202. The molecular formula is C24H26ClN7O2S. The van der Waals surface area contributed by atoms with Gasteiger partial charge in [0.15, 0.2) is 5.13 Å². The van der Waals surface area contributed by atoms with Gasteiger partial charge >= 0.3 is 0 Å². The van der Waals surface area contributed by atoms with Crippen LogP contribution in [-0.2, 0) is 11.8 Å². The van der Waals surface area contributed by atoms with E-state index in [1.807, 2.05) is 50.0 Å². The van der Waals surface area contributed by atoms with Crippen molar-refractivity contribution < 1.29 is 9.59 Å². The topological polar surface area (TPSA) is 95.4 Å². The molecule has 1 aliphatic rings. The van der Waals surface area contributed by atoms with Crippen molar-refractivity contribution in [2.75, 3.05) is 39.0 Å². The van der Waals surface area contributed by atoms with Gasteiger partial charge in [-0.05, 0) is 56.9 Å². The first kappa shape index (κ1) is 23.5. The van der Waals surface area contributed by atoms with Crippen molar-refractivity contribution in [1.29, 1.82) is 0 Å². The summed E-state index contributed by atoms with van der Waals surface area (Å²) in [7, 11) is 5.94. The summed E-state index contributed by atoms with van der Waals surface area (Å²) in [6, 6.07) is 11.3. The molecule has 2 aromatic carbocycles. The van der Waals surface area contributed by atoms with Gasteiger partial charge in [-0.3, -0.25) is 9.59 Å². The van der Waals surface area contributed by atoms with Gasteiger partial charge in [-0.2, -0.15) is 0 Å². The molecule has 4 aromatic rings. The lowest BCUT2D eigenvalue weighted by atomic mass is 10.2. The highest BCUT2D eigenvalue weighted by Gasteiger charge is 2.27. The molecule has 1 fully saturated rings. The summed E-state index contributed by atoms with van der Waals surface area (Å²) in [5, 5.41) is 7.39. The first-order chi connectivity index (χ1) is 16.8. The van der Waals surface area contributed by atoms with E-state index in [0.29, 0.717) is 39.8 Å². The standard InChI is InChI=1S/C24H26ClN7O2S/c1-30(2)16-8-9-32(13-16)21(33)12-26-22(34)14-4-7-19-18(10-14)27-23(31(19)3)29-24-28-17-6-5-15(25)11-20(17)35-24/h4-7,10-11,16H,8-9,12-13H2,1-3H3,(H,26,34)(H,27,28,29). The summed E-state index contributed by atoms with van der Waals surface area (Å²) < 4.78 is 2.90. The Morgan fingerprint density at radius 1 is 1.17 bits per heavy atom. The lowest BCUT2D eigenvalue weighted by Gasteiger charge is -2.20. The number of thiazole rings is 1. The zero-order chi connectivity index (χ0) is 24.7. The third kappa shape index (κ3) is 4.82. The second-order valence-corrected chi connectivity index (χ2v) is 10.3. The Hall–Kier alpha value is -3.21. The molecule has 35 heavy (non-hydrogen) atoms. The Kier molecular flexibility index (Phi) is 6.35. The number of amides is 2. The molecule has 11 heteroatoms. The molecule has 3 heterocycles. The molecule has 0 saturated carbocycles. The predicted molar refractivity (Wildman–Crippen MR) is 140 cm³/mol. The summed E-state index contributed by atoms with van der Waals surface area (Å²) in [6.07, 6.45) is 0.949.